The Morgan fingerprint density at radius 3 is 2.11 bits per heavy atom. The van der Waals surface area contributed by atoms with Crippen molar-refractivity contribution in [3.05, 3.63) is 88.4 Å². The molecular formula is C19H14Cl2N2O3S. The maximum atomic E-state index is 12.5. The highest BCUT2D eigenvalue weighted by Crippen LogP contribution is 2.30. The molecule has 3 rings (SSSR count). The van der Waals surface area contributed by atoms with Crippen molar-refractivity contribution < 1.29 is 13.2 Å². The number of rotatable bonds is 5. The van der Waals surface area contributed by atoms with Crippen molar-refractivity contribution in [2.24, 2.45) is 0 Å². The van der Waals surface area contributed by atoms with E-state index in [1.54, 1.807) is 54.6 Å². The van der Waals surface area contributed by atoms with Crippen molar-refractivity contribution in [2.45, 2.75) is 4.90 Å². The Morgan fingerprint density at radius 2 is 1.44 bits per heavy atom. The minimum atomic E-state index is -3.75. The van der Waals surface area contributed by atoms with E-state index in [2.05, 4.69) is 10.0 Å². The zero-order valence-electron chi connectivity index (χ0n) is 13.8. The maximum absolute atomic E-state index is 12.5. The summed E-state index contributed by atoms with van der Waals surface area (Å²) in [5.74, 6) is -0.467. The molecule has 8 heteroatoms. The van der Waals surface area contributed by atoms with E-state index in [4.69, 9.17) is 23.2 Å². The molecule has 0 fully saturated rings. The van der Waals surface area contributed by atoms with Crippen molar-refractivity contribution >= 4 is 50.5 Å². The molecule has 3 aromatic carbocycles. The molecule has 1 amide bonds. The molecule has 0 atom stereocenters. The third kappa shape index (κ3) is 4.60. The average Bonchev–Trinajstić information content (AvgIpc) is 2.65. The zero-order chi connectivity index (χ0) is 19.4. The van der Waals surface area contributed by atoms with Crippen LogP contribution >= 0.6 is 23.2 Å². The van der Waals surface area contributed by atoms with Crippen LogP contribution < -0.4 is 10.0 Å². The molecule has 0 aliphatic carbocycles. The molecule has 0 aliphatic heterocycles. The number of sulfonamides is 1. The second kappa shape index (κ2) is 8.00. The molecular weight excluding hydrogens is 407 g/mol. The van der Waals surface area contributed by atoms with Gasteiger partial charge in [0.05, 0.1) is 20.6 Å². The SMILES string of the molecule is O=C(Nc1c(Cl)cccc1Cl)c1cccc(NS(=O)(=O)c2ccccc2)c1. The van der Waals surface area contributed by atoms with Crippen molar-refractivity contribution in [3.8, 4) is 0 Å². The summed E-state index contributed by atoms with van der Waals surface area (Å²) in [6.07, 6.45) is 0. The highest BCUT2D eigenvalue weighted by molar-refractivity contribution is 7.92. The summed E-state index contributed by atoms with van der Waals surface area (Å²) >= 11 is 12.1. The monoisotopic (exact) mass is 420 g/mol. The molecule has 0 bridgehead atoms. The Morgan fingerprint density at radius 1 is 0.815 bits per heavy atom. The highest BCUT2D eigenvalue weighted by atomic mass is 35.5. The number of hydrogen-bond donors (Lipinski definition) is 2. The summed E-state index contributed by atoms with van der Waals surface area (Å²) in [6, 6.07) is 18.9. The Bertz CT molecular complexity index is 1070. The standard InChI is InChI=1S/C19H14Cl2N2O3S/c20-16-10-5-11-17(21)18(16)22-19(24)13-6-4-7-14(12-13)23-27(25,26)15-8-2-1-3-9-15/h1-12,23H,(H,22,24). The smallest absolute Gasteiger partial charge is 0.261 e. The lowest BCUT2D eigenvalue weighted by atomic mass is 10.2. The van der Waals surface area contributed by atoms with Gasteiger partial charge in [-0.15, -0.1) is 0 Å². The van der Waals surface area contributed by atoms with Crippen LogP contribution in [-0.4, -0.2) is 14.3 Å². The number of para-hydroxylation sites is 1. The molecule has 27 heavy (non-hydrogen) atoms. The second-order valence-corrected chi connectivity index (χ2v) is 8.05. The van der Waals surface area contributed by atoms with Gasteiger partial charge in [-0.05, 0) is 42.5 Å². The number of anilines is 2. The summed E-state index contributed by atoms with van der Waals surface area (Å²) in [5.41, 5.74) is 0.803. The van der Waals surface area contributed by atoms with Gasteiger partial charge in [0.2, 0.25) is 0 Å². The van der Waals surface area contributed by atoms with Gasteiger partial charge in [0, 0.05) is 11.3 Å². The first kappa shape index (κ1) is 19.2. The molecule has 3 aromatic rings. The molecule has 0 saturated carbocycles. The van der Waals surface area contributed by atoms with Crippen LogP contribution in [0.4, 0.5) is 11.4 Å². The van der Waals surface area contributed by atoms with Crippen LogP contribution in [0.15, 0.2) is 77.7 Å². The predicted octanol–water partition coefficient (Wildman–Crippen LogP) is 5.05. The summed E-state index contributed by atoms with van der Waals surface area (Å²) < 4.78 is 27.3. The van der Waals surface area contributed by atoms with E-state index in [1.165, 1.54) is 18.2 Å². The van der Waals surface area contributed by atoms with Crippen LogP contribution in [0.1, 0.15) is 10.4 Å². The molecule has 0 aromatic heterocycles. The lowest BCUT2D eigenvalue weighted by molar-refractivity contribution is 0.102. The lowest BCUT2D eigenvalue weighted by Gasteiger charge is -2.11. The van der Waals surface area contributed by atoms with Gasteiger partial charge in [-0.1, -0.05) is 53.5 Å². The van der Waals surface area contributed by atoms with Crippen LogP contribution in [0.25, 0.3) is 0 Å². The summed E-state index contributed by atoms with van der Waals surface area (Å²) in [7, 11) is -3.75. The van der Waals surface area contributed by atoms with E-state index in [1.807, 2.05) is 0 Å². The average molecular weight is 421 g/mol. The Balaban J connectivity index is 1.82. The summed E-state index contributed by atoms with van der Waals surface area (Å²) in [6.45, 7) is 0. The Labute approximate surface area is 167 Å². The molecule has 2 N–H and O–H groups in total. The fourth-order valence-corrected chi connectivity index (χ4v) is 3.90. The Kier molecular flexibility index (Phi) is 5.70. The number of amides is 1. The first-order valence-corrected chi connectivity index (χ1v) is 10.0. The van der Waals surface area contributed by atoms with Crippen LogP contribution in [0.3, 0.4) is 0 Å². The van der Waals surface area contributed by atoms with Crippen molar-refractivity contribution in [2.75, 3.05) is 10.0 Å². The largest absolute Gasteiger partial charge is 0.319 e. The van der Waals surface area contributed by atoms with Gasteiger partial charge in [0.1, 0.15) is 0 Å². The lowest BCUT2D eigenvalue weighted by Crippen LogP contribution is -2.15. The van der Waals surface area contributed by atoms with E-state index in [0.717, 1.165) is 0 Å². The summed E-state index contributed by atoms with van der Waals surface area (Å²) in [5, 5.41) is 3.24. The first-order valence-electron chi connectivity index (χ1n) is 7.80. The second-order valence-electron chi connectivity index (χ2n) is 5.55. The fraction of sp³-hybridized carbons (Fsp3) is 0. The van der Waals surface area contributed by atoms with Gasteiger partial charge in [-0.3, -0.25) is 9.52 Å². The van der Waals surface area contributed by atoms with E-state index in [-0.39, 0.29) is 16.1 Å². The topological polar surface area (TPSA) is 75.3 Å². The van der Waals surface area contributed by atoms with Crippen LogP contribution in [0.5, 0.6) is 0 Å². The number of hydrogen-bond acceptors (Lipinski definition) is 3. The van der Waals surface area contributed by atoms with Gasteiger partial charge >= 0.3 is 0 Å². The number of halogens is 2. The number of nitrogens with one attached hydrogen (secondary N) is 2. The quantitative estimate of drug-likeness (QED) is 0.606. The van der Waals surface area contributed by atoms with Gasteiger partial charge in [0.25, 0.3) is 15.9 Å². The normalized spacial score (nSPS) is 11.0. The number of benzene rings is 3. The van der Waals surface area contributed by atoms with Crippen LogP contribution in [0.2, 0.25) is 10.0 Å². The fourth-order valence-electron chi connectivity index (χ4n) is 2.34. The maximum Gasteiger partial charge on any atom is 0.261 e. The Hall–Kier alpha value is -2.54. The zero-order valence-corrected chi connectivity index (χ0v) is 16.1. The van der Waals surface area contributed by atoms with Crippen molar-refractivity contribution in [3.63, 3.8) is 0 Å². The molecule has 0 heterocycles. The first-order chi connectivity index (χ1) is 12.9. The molecule has 0 spiro atoms. The highest BCUT2D eigenvalue weighted by Gasteiger charge is 2.16. The molecule has 0 radical (unpaired) electrons. The molecule has 0 unspecified atom stereocenters. The van der Waals surface area contributed by atoms with Gasteiger partial charge in [-0.25, -0.2) is 8.42 Å². The third-order valence-corrected chi connectivity index (χ3v) is 5.66. The van der Waals surface area contributed by atoms with Crippen LogP contribution in [0, 0.1) is 0 Å². The van der Waals surface area contributed by atoms with Gasteiger partial charge < -0.3 is 5.32 Å². The number of carbonyl (C=O) groups is 1. The molecule has 0 saturated heterocycles. The van der Waals surface area contributed by atoms with Crippen molar-refractivity contribution in [1.82, 2.24) is 0 Å². The van der Waals surface area contributed by atoms with Crippen molar-refractivity contribution in [1.29, 1.82) is 0 Å². The minimum absolute atomic E-state index is 0.128. The molecule has 5 nitrogen and oxygen atoms in total. The molecule has 138 valence electrons. The predicted molar refractivity (Wildman–Crippen MR) is 108 cm³/mol. The van der Waals surface area contributed by atoms with Gasteiger partial charge in [0.15, 0.2) is 0 Å². The minimum Gasteiger partial charge on any atom is -0.319 e. The molecule has 0 aliphatic rings. The summed E-state index contributed by atoms with van der Waals surface area (Å²) in [4.78, 5) is 12.6. The van der Waals surface area contributed by atoms with E-state index < -0.39 is 15.9 Å². The van der Waals surface area contributed by atoms with E-state index in [0.29, 0.717) is 15.7 Å². The van der Waals surface area contributed by atoms with E-state index in [9.17, 15) is 13.2 Å². The van der Waals surface area contributed by atoms with Crippen LogP contribution in [-0.2, 0) is 10.0 Å². The van der Waals surface area contributed by atoms with Gasteiger partial charge in [-0.2, -0.15) is 0 Å². The number of carbonyl (C=O) groups excluding carboxylic acids is 1. The van der Waals surface area contributed by atoms with E-state index >= 15 is 0 Å². The third-order valence-electron chi connectivity index (χ3n) is 3.63.